The van der Waals surface area contributed by atoms with Gasteiger partial charge in [-0.15, -0.1) is 0 Å². The topological polar surface area (TPSA) is 29.1 Å². The molecule has 2 unspecified atom stereocenters. The Morgan fingerprint density at radius 2 is 1.48 bits per heavy atom. The number of amides is 1. The first-order chi connectivity index (χ1) is 10.3. The third-order valence-electron chi connectivity index (χ3n) is 4.70. The molecule has 21 heavy (non-hydrogen) atoms. The lowest BCUT2D eigenvalue weighted by atomic mass is 9.87. The highest BCUT2D eigenvalue weighted by atomic mass is 16.2. The van der Waals surface area contributed by atoms with Crippen LogP contribution in [0.5, 0.6) is 0 Å². The average Bonchev–Trinajstić information content (AvgIpc) is 3.31. The van der Waals surface area contributed by atoms with Crippen LogP contribution in [0.15, 0.2) is 54.6 Å². The Morgan fingerprint density at radius 3 is 2.14 bits per heavy atom. The van der Waals surface area contributed by atoms with E-state index in [0.717, 1.165) is 5.92 Å². The predicted molar refractivity (Wildman–Crippen MR) is 83.1 cm³/mol. The minimum Gasteiger partial charge on any atom is -0.349 e. The Labute approximate surface area is 125 Å². The molecule has 1 heterocycles. The fourth-order valence-corrected chi connectivity index (χ4v) is 3.37. The van der Waals surface area contributed by atoms with E-state index in [1.54, 1.807) is 0 Å². The van der Waals surface area contributed by atoms with Gasteiger partial charge >= 0.3 is 0 Å². The molecule has 2 nitrogen and oxygen atoms in total. The van der Waals surface area contributed by atoms with Gasteiger partial charge in [-0.2, -0.15) is 0 Å². The van der Waals surface area contributed by atoms with Crippen molar-refractivity contribution in [3.05, 3.63) is 71.3 Å². The number of hydrogen-bond donors (Lipinski definition) is 1. The molecule has 1 saturated carbocycles. The van der Waals surface area contributed by atoms with Crippen LogP contribution in [0.4, 0.5) is 0 Å². The highest BCUT2D eigenvalue weighted by Gasteiger charge is 2.34. The van der Waals surface area contributed by atoms with E-state index in [9.17, 15) is 4.79 Å². The normalized spacial score (nSPS) is 24.9. The number of nitrogens with one attached hydrogen (secondary N) is 1. The van der Waals surface area contributed by atoms with Crippen LogP contribution in [-0.4, -0.2) is 5.91 Å². The largest absolute Gasteiger partial charge is 0.349 e. The lowest BCUT2D eigenvalue weighted by Gasteiger charge is -2.20. The molecule has 0 spiro atoms. The molecule has 0 radical (unpaired) electrons. The van der Waals surface area contributed by atoms with Crippen molar-refractivity contribution in [1.29, 1.82) is 0 Å². The Balaban J connectivity index is 1.63. The van der Waals surface area contributed by atoms with E-state index in [2.05, 4.69) is 41.7 Å². The molecule has 0 bridgehead atoms. The molecule has 0 aromatic heterocycles. The SMILES string of the molecule is O=C1CC(c2ccc(C3CC3)cc2)C(c2ccccc2)N1. The second kappa shape index (κ2) is 5.03. The molecular formula is C19H19NO. The van der Waals surface area contributed by atoms with Crippen LogP contribution in [0, 0.1) is 0 Å². The van der Waals surface area contributed by atoms with Gasteiger partial charge in [0.05, 0.1) is 6.04 Å². The lowest BCUT2D eigenvalue weighted by molar-refractivity contribution is -0.119. The van der Waals surface area contributed by atoms with E-state index in [0.29, 0.717) is 6.42 Å². The van der Waals surface area contributed by atoms with Crippen molar-refractivity contribution in [1.82, 2.24) is 5.32 Å². The summed E-state index contributed by atoms with van der Waals surface area (Å²) in [6, 6.07) is 19.3. The summed E-state index contributed by atoms with van der Waals surface area (Å²) in [7, 11) is 0. The highest BCUT2D eigenvalue weighted by molar-refractivity contribution is 5.80. The summed E-state index contributed by atoms with van der Waals surface area (Å²) < 4.78 is 0. The molecule has 1 N–H and O–H groups in total. The molecule has 2 aliphatic rings. The Kier molecular flexibility index (Phi) is 3.03. The van der Waals surface area contributed by atoms with Crippen LogP contribution in [0.3, 0.4) is 0 Å². The second-order valence-electron chi connectivity index (χ2n) is 6.21. The van der Waals surface area contributed by atoms with Gasteiger partial charge < -0.3 is 5.32 Å². The molecule has 2 heteroatoms. The van der Waals surface area contributed by atoms with Crippen LogP contribution < -0.4 is 5.32 Å². The Hall–Kier alpha value is -2.09. The molecule has 1 amide bonds. The van der Waals surface area contributed by atoms with Crippen LogP contribution in [0.1, 0.15) is 53.8 Å². The summed E-state index contributed by atoms with van der Waals surface area (Å²) in [5.74, 6) is 1.18. The van der Waals surface area contributed by atoms with E-state index in [-0.39, 0.29) is 17.9 Å². The van der Waals surface area contributed by atoms with Gasteiger partial charge in [-0.3, -0.25) is 4.79 Å². The summed E-state index contributed by atoms with van der Waals surface area (Å²) in [6.45, 7) is 0. The maximum absolute atomic E-state index is 11.9. The summed E-state index contributed by atoms with van der Waals surface area (Å²) in [5, 5.41) is 3.13. The quantitative estimate of drug-likeness (QED) is 0.905. The van der Waals surface area contributed by atoms with Gasteiger partial charge in [-0.25, -0.2) is 0 Å². The van der Waals surface area contributed by atoms with E-state index >= 15 is 0 Å². The molecule has 1 aliphatic heterocycles. The number of rotatable bonds is 3. The van der Waals surface area contributed by atoms with Gasteiger partial charge in [-0.1, -0.05) is 54.6 Å². The van der Waals surface area contributed by atoms with Crippen LogP contribution in [0.2, 0.25) is 0 Å². The van der Waals surface area contributed by atoms with Gasteiger partial charge in [0.25, 0.3) is 0 Å². The smallest absolute Gasteiger partial charge is 0.221 e. The maximum Gasteiger partial charge on any atom is 0.221 e. The number of carbonyl (C=O) groups is 1. The minimum atomic E-state index is 0.102. The number of benzene rings is 2. The minimum absolute atomic E-state index is 0.102. The summed E-state index contributed by atoms with van der Waals surface area (Å²) in [6.07, 6.45) is 3.24. The lowest BCUT2D eigenvalue weighted by Crippen LogP contribution is -2.20. The monoisotopic (exact) mass is 277 g/mol. The van der Waals surface area contributed by atoms with E-state index in [4.69, 9.17) is 0 Å². The molecule has 106 valence electrons. The fraction of sp³-hybridized carbons (Fsp3) is 0.316. The van der Waals surface area contributed by atoms with E-state index < -0.39 is 0 Å². The van der Waals surface area contributed by atoms with Gasteiger partial charge in [0, 0.05) is 12.3 Å². The van der Waals surface area contributed by atoms with Crippen molar-refractivity contribution in [2.45, 2.75) is 37.1 Å². The van der Waals surface area contributed by atoms with Crippen LogP contribution >= 0.6 is 0 Å². The van der Waals surface area contributed by atoms with Gasteiger partial charge in [0.2, 0.25) is 5.91 Å². The molecular weight excluding hydrogens is 258 g/mol. The van der Waals surface area contributed by atoms with Crippen molar-refractivity contribution in [3.8, 4) is 0 Å². The van der Waals surface area contributed by atoms with Gasteiger partial charge in [0.1, 0.15) is 0 Å². The van der Waals surface area contributed by atoms with Crippen LogP contribution in [0.25, 0.3) is 0 Å². The Bertz CT molecular complexity index is 643. The van der Waals surface area contributed by atoms with Crippen molar-refractivity contribution < 1.29 is 4.79 Å². The molecule has 2 aromatic rings. The second-order valence-corrected chi connectivity index (χ2v) is 6.21. The molecule has 2 atom stereocenters. The predicted octanol–water partition coefficient (Wildman–Crippen LogP) is 3.91. The van der Waals surface area contributed by atoms with Crippen molar-refractivity contribution in [2.75, 3.05) is 0 Å². The van der Waals surface area contributed by atoms with E-state index in [1.165, 1.54) is 29.5 Å². The standard InChI is InChI=1S/C19H19NO/c21-18-12-17(19(20-18)16-4-2-1-3-5-16)15-10-8-14(9-11-15)13-6-7-13/h1-5,8-11,13,17,19H,6-7,12H2,(H,20,21). The first kappa shape index (κ1) is 12.6. The number of hydrogen-bond acceptors (Lipinski definition) is 1. The van der Waals surface area contributed by atoms with Gasteiger partial charge in [-0.05, 0) is 35.4 Å². The zero-order valence-corrected chi connectivity index (χ0v) is 12.0. The third kappa shape index (κ3) is 2.46. The van der Waals surface area contributed by atoms with Gasteiger partial charge in [0.15, 0.2) is 0 Å². The molecule has 2 fully saturated rings. The molecule has 1 aliphatic carbocycles. The number of carbonyl (C=O) groups excluding carboxylic acids is 1. The summed E-state index contributed by atoms with van der Waals surface area (Å²) >= 11 is 0. The molecule has 2 aromatic carbocycles. The van der Waals surface area contributed by atoms with Crippen LogP contribution in [-0.2, 0) is 4.79 Å². The first-order valence-corrected chi connectivity index (χ1v) is 7.75. The zero-order chi connectivity index (χ0) is 14.2. The van der Waals surface area contributed by atoms with Crippen molar-refractivity contribution >= 4 is 5.91 Å². The van der Waals surface area contributed by atoms with Crippen molar-refractivity contribution in [3.63, 3.8) is 0 Å². The highest BCUT2D eigenvalue weighted by Crippen LogP contribution is 2.42. The summed E-state index contributed by atoms with van der Waals surface area (Å²) in [5.41, 5.74) is 3.92. The molecule has 1 saturated heterocycles. The van der Waals surface area contributed by atoms with E-state index in [1.807, 2.05) is 18.2 Å². The molecule has 4 rings (SSSR count). The third-order valence-corrected chi connectivity index (χ3v) is 4.70. The van der Waals surface area contributed by atoms with Crippen molar-refractivity contribution in [2.24, 2.45) is 0 Å². The fourth-order valence-electron chi connectivity index (χ4n) is 3.37. The first-order valence-electron chi connectivity index (χ1n) is 7.75. The summed E-state index contributed by atoms with van der Waals surface area (Å²) in [4.78, 5) is 11.9. The maximum atomic E-state index is 11.9. The average molecular weight is 277 g/mol. The zero-order valence-electron chi connectivity index (χ0n) is 12.0. The Morgan fingerprint density at radius 1 is 0.810 bits per heavy atom.